The van der Waals surface area contributed by atoms with E-state index in [9.17, 15) is 4.39 Å². The fourth-order valence-corrected chi connectivity index (χ4v) is 2.13. The third-order valence-electron chi connectivity index (χ3n) is 3.21. The minimum absolute atomic E-state index is 0.283. The molecule has 1 aliphatic rings. The van der Waals surface area contributed by atoms with E-state index < -0.39 is 0 Å². The van der Waals surface area contributed by atoms with Crippen LogP contribution in [0, 0.1) is 12.7 Å². The van der Waals surface area contributed by atoms with Gasteiger partial charge in [0.2, 0.25) is 0 Å². The molecule has 0 spiro atoms. The van der Waals surface area contributed by atoms with Crippen molar-refractivity contribution in [3.8, 4) is 5.75 Å². The Morgan fingerprint density at radius 2 is 2.06 bits per heavy atom. The first-order chi connectivity index (χ1) is 8.20. The monoisotopic (exact) mass is 238 g/mol. The van der Waals surface area contributed by atoms with Crippen LogP contribution in [0.15, 0.2) is 12.1 Å². The Morgan fingerprint density at radius 1 is 1.35 bits per heavy atom. The Balaban J connectivity index is 2.13. The molecule has 0 bridgehead atoms. The van der Waals surface area contributed by atoms with E-state index in [1.807, 2.05) is 13.0 Å². The van der Waals surface area contributed by atoms with Gasteiger partial charge in [0.1, 0.15) is 0 Å². The van der Waals surface area contributed by atoms with Crippen LogP contribution in [0.4, 0.5) is 4.39 Å². The van der Waals surface area contributed by atoms with Crippen molar-refractivity contribution in [2.75, 3.05) is 33.3 Å². The summed E-state index contributed by atoms with van der Waals surface area (Å²) in [6, 6.07) is 3.36. The van der Waals surface area contributed by atoms with Crippen LogP contribution in [-0.2, 0) is 6.54 Å². The predicted molar refractivity (Wildman–Crippen MR) is 65.8 cm³/mol. The summed E-state index contributed by atoms with van der Waals surface area (Å²) in [5.41, 5.74) is 2.13. The van der Waals surface area contributed by atoms with Crippen LogP contribution in [-0.4, -0.2) is 38.2 Å². The Hall–Kier alpha value is -1.13. The molecule has 1 aliphatic heterocycles. The van der Waals surface area contributed by atoms with Crippen LogP contribution >= 0.6 is 0 Å². The van der Waals surface area contributed by atoms with Gasteiger partial charge < -0.3 is 10.1 Å². The molecule has 0 aromatic heterocycles. The quantitative estimate of drug-likeness (QED) is 0.864. The zero-order valence-electron chi connectivity index (χ0n) is 10.4. The van der Waals surface area contributed by atoms with E-state index in [0.29, 0.717) is 5.75 Å². The molecule has 2 rings (SSSR count). The summed E-state index contributed by atoms with van der Waals surface area (Å²) < 4.78 is 18.5. The summed E-state index contributed by atoms with van der Waals surface area (Å²) >= 11 is 0. The minimum atomic E-state index is -0.283. The Morgan fingerprint density at radius 3 is 2.71 bits per heavy atom. The number of hydrogen-bond donors (Lipinski definition) is 1. The lowest BCUT2D eigenvalue weighted by Gasteiger charge is -2.27. The molecule has 1 saturated heterocycles. The second kappa shape index (κ2) is 5.47. The number of piperazine rings is 1. The maximum absolute atomic E-state index is 13.5. The fourth-order valence-electron chi connectivity index (χ4n) is 2.13. The predicted octanol–water partition coefficient (Wildman–Crippen LogP) is 1.55. The van der Waals surface area contributed by atoms with E-state index in [4.69, 9.17) is 4.74 Å². The Kier molecular flexibility index (Phi) is 3.97. The van der Waals surface area contributed by atoms with Crippen molar-refractivity contribution in [1.29, 1.82) is 0 Å². The topological polar surface area (TPSA) is 24.5 Å². The fraction of sp³-hybridized carbons (Fsp3) is 0.538. The number of benzene rings is 1. The van der Waals surface area contributed by atoms with Crippen LogP contribution in [0.1, 0.15) is 11.1 Å². The van der Waals surface area contributed by atoms with Gasteiger partial charge in [0.05, 0.1) is 7.11 Å². The van der Waals surface area contributed by atoms with Gasteiger partial charge in [-0.15, -0.1) is 0 Å². The highest BCUT2D eigenvalue weighted by atomic mass is 19.1. The minimum Gasteiger partial charge on any atom is -0.494 e. The van der Waals surface area contributed by atoms with Gasteiger partial charge >= 0.3 is 0 Å². The first-order valence-corrected chi connectivity index (χ1v) is 5.97. The SMILES string of the molecule is COc1cc(CN2CCNCC2)c(C)cc1F. The maximum atomic E-state index is 13.5. The molecule has 1 N–H and O–H groups in total. The lowest BCUT2D eigenvalue weighted by molar-refractivity contribution is 0.232. The Bertz CT molecular complexity index is 389. The number of halogens is 1. The summed E-state index contributed by atoms with van der Waals surface area (Å²) in [6.07, 6.45) is 0. The molecule has 1 aromatic rings. The molecule has 0 amide bonds. The molecule has 0 saturated carbocycles. The molecule has 0 unspecified atom stereocenters. The van der Waals surface area contributed by atoms with Crippen molar-refractivity contribution in [3.63, 3.8) is 0 Å². The maximum Gasteiger partial charge on any atom is 0.165 e. The first-order valence-electron chi connectivity index (χ1n) is 5.97. The molecule has 0 atom stereocenters. The van der Waals surface area contributed by atoms with Gasteiger partial charge in [-0.3, -0.25) is 4.90 Å². The largest absolute Gasteiger partial charge is 0.494 e. The van der Waals surface area contributed by atoms with Gasteiger partial charge in [0.25, 0.3) is 0 Å². The van der Waals surface area contributed by atoms with Crippen LogP contribution in [0.2, 0.25) is 0 Å². The molecular weight excluding hydrogens is 219 g/mol. The molecule has 17 heavy (non-hydrogen) atoms. The summed E-state index contributed by atoms with van der Waals surface area (Å²) in [6.45, 7) is 6.94. The van der Waals surface area contributed by atoms with Gasteiger partial charge in [0, 0.05) is 32.7 Å². The van der Waals surface area contributed by atoms with Crippen molar-refractivity contribution in [1.82, 2.24) is 10.2 Å². The molecule has 3 nitrogen and oxygen atoms in total. The van der Waals surface area contributed by atoms with Crippen molar-refractivity contribution in [2.24, 2.45) is 0 Å². The molecule has 1 heterocycles. The van der Waals surface area contributed by atoms with Crippen LogP contribution in [0.3, 0.4) is 0 Å². The first kappa shape index (κ1) is 12.3. The third-order valence-corrected chi connectivity index (χ3v) is 3.21. The van der Waals surface area contributed by atoms with Gasteiger partial charge in [-0.1, -0.05) is 0 Å². The molecule has 94 valence electrons. The zero-order valence-corrected chi connectivity index (χ0v) is 10.4. The second-order valence-corrected chi connectivity index (χ2v) is 4.44. The highest BCUT2D eigenvalue weighted by Crippen LogP contribution is 2.23. The van der Waals surface area contributed by atoms with E-state index in [1.165, 1.54) is 7.11 Å². The van der Waals surface area contributed by atoms with Gasteiger partial charge in [-0.25, -0.2) is 4.39 Å². The molecule has 0 aliphatic carbocycles. The molecule has 0 radical (unpaired) electrons. The number of hydrogen-bond acceptors (Lipinski definition) is 3. The van der Waals surface area contributed by atoms with Gasteiger partial charge in [-0.05, 0) is 30.2 Å². The van der Waals surface area contributed by atoms with Crippen molar-refractivity contribution < 1.29 is 9.13 Å². The second-order valence-electron chi connectivity index (χ2n) is 4.44. The number of aryl methyl sites for hydroxylation is 1. The zero-order chi connectivity index (χ0) is 12.3. The van der Waals surface area contributed by atoms with E-state index in [1.54, 1.807) is 6.07 Å². The van der Waals surface area contributed by atoms with Crippen molar-refractivity contribution >= 4 is 0 Å². The lowest BCUT2D eigenvalue weighted by atomic mass is 10.1. The normalized spacial score (nSPS) is 17.1. The number of nitrogens with one attached hydrogen (secondary N) is 1. The van der Waals surface area contributed by atoms with Crippen molar-refractivity contribution in [2.45, 2.75) is 13.5 Å². The number of methoxy groups -OCH3 is 1. The van der Waals surface area contributed by atoms with Gasteiger partial charge in [0.15, 0.2) is 11.6 Å². The molecule has 1 aromatic carbocycles. The van der Waals surface area contributed by atoms with E-state index >= 15 is 0 Å². The number of rotatable bonds is 3. The van der Waals surface area contributed by atoms with Crippen LogP contribution in [0.25, 0.3) is 0 Å². The lowest BCUT2D eigenvalue weighted by Crippen LogP contribution is -2.43. The summed E-state index contributed by atoms with van der Waals surface area (Å²) in [7, 11) is 1.50. The van der Waals surface area contributed by atoms with Crippen LogP contribution < -0.4 is 10.1 Å². The summed E-state index contributed by atoms with van der Waals surface area (Å²) in [5, 5.41) is 3.32. The third kappa shape index (κ3) is 2.96. The molecular formula is C13H19FN2O. The van der Waals surface area contributed by atoms with E-state index in [0.717, 1.165) is 43.9 Å². The molecule has 4 heteroatoms. The number of nitrogens with zero attached hydrogens (tertiary/aromatic N) is 1. The van der Waals surface area contributed by atoms with Gasteiger partial charge in [-0.2, -0.15) is 0 Å². The number of ether oxygens (including phenoxy) is 1. The van der Waals surface area contributed by atoms with Crippen LogP contribution in [0.5, 0.6) is 5.75 Å². The Labute approximate surface area is 102 Å². The van der Waals surface area contributed by atoms with Crippen molar-refractivity contribution in [3.05, 3.63) is 29.1 Å². The highest BCUT2D eigenvalue weighted by Gasteiger charge is 2.13. The summed E-state index contributed by atoms with van der Waals surface area (Å²) in [5.74, 6) is 0.0507. The summed E-state index contributed by atoms with van der Waals surface area (Å²) in [4.78, 5) is 2.37. The van der Waals surface area contributed by atoms with E-state index in [-0.39, 0.29) is 5.82 Å². The average molecular weight is 238 g/mol. The standard InChI is InChI=1S/C13H19FN2O/c1-10-7-12(14)13(17-2)8-11(10)9-16-5-3-15-4-6-16/h7-8,15H,3-6,9H2,1-2H3. The molecule has 1 fully saturated rings. The highest BCUT2D eigenvalue weighted by molar-refractivity contribution is 5.36. The smallest absolute Gasteiger partial charge is 0.165 e. The van der Waals surface area contributed by atoms with E-state index in [2.05, 4.69) is 10.2 Å². The average Bonchev–Trinajstić information content (AvgIpc) is 2.34.